The van der Waals surface area contributed by atoms with Crippen molar-refractivity contribution in [2.45, 2.75) is 6.61 Å². The summed E-state index contributed by atoms with van der Waals surface area (Å²) in [6, 6.07) is 10.4. The largest absolute Gasteiger partial charge is 0.483 e. The highest BCUT2D eigenvalue weighted by molar-refractivity contribution is 5.98. The summed E-state index contributed by atoms with van der Waals surface area (Å²) in [6.07, 6.45) is 0. The number of non-ortho nitro benzene ring substituents is 1. The van der Waals surface area contributed by atoms with Gasteiger partial charge in [0.05, 0.1) is 10.5 Å². The molecule has 0 amide bonds. The van der Waals surface area contributed by atoms with E-state index in [0.717, 1.165) is 0 Å². The zero-order chi connectivity index (χ0) is 24.1. The molecule has 2 N–H and O–H groups in total. The van der Waals surface area contributed by atoms with Crippen LogP contribution >= 0.6 is 0 Å². The van der Waals surface area contributed by atoms with Gasteiger partial charge in [-0.15, -0.1) is 0 Å². The van der Waals surface area contributed by atoms with E-state index in [1.54, 1.807) is 0 Å². The summed E-state index contributed by atoms with van der Waals surface area (Å²) < 4.78 is 58.5. The monoisotopic (exact) mass is 463 g/mol. The molecule has 0 saturated heterocycles. The van der Waals surface area contributed by atoms with Crippen LogP contribution in [-0.2, 0) is 11.4 Å². The average molecular weight is 463 g/mol. The number of ether oxygens (including phenoxy) is 1. The molecule has 0 radical (unpaired) electrons. The molecule has 0 unspecified atom stereocenters. The first-order valence-electron chi connectivity index (χ1n) is 9.01. The minimum Gasteiger partial charge on any atom is -0.483 e. The topological polar surface area (TPSA) is 117 Å². The average Bonchev–Trinajstić information content (AvgIpc) is 2.81. The first-order valence-corrected chi connectivity index (χ1v) is 9.01. The molecule has 33 heavy (non-hydrogen) atoms. The van der Waals surface area contributed by atoms with Crippen LogP contribution in [0, 0.1) is 33.4 Å². The number of halogens is 4. The standard InChI is InChI=1S/C21H13F4N3O5/c22-15-9-16(23)18(25)19(17(15)24)32-10-11-1-3-13(4-2-11)21(29)33-27-20(26)12-5-7-14(8-6-12)28(30)31/h1-9H,10H2,(H2,26,27). The number of hydrogen-bond acceptors (Lipinski definition) is 6. The molecule has 3 aromatic rings. The minimum absolute atomic E-state index is 0.0353. The Morgan fingerprint density at radius 1 is 0.939 bits per heavy atom. The van der Waals surface area contributed by atoms with Gasteiger partial charge in [-0.05, 0) is 29.8 Å². The van der Waals surface area contributed by atoms with Crippen LogP contribution in [0.25, 0.3) is 0 Å². The zero-order valence-corrected chi connectivity index (χ0v) is 16.4. The number of nitrogens with two attached hydrogens (primary N) is 1. The van der Waals surface area contributed by atoms with Crippen LogP contribution in [0.1, 0.15) is 21.5 Å². The SMILES string of the molecule is N/C(=N\OC(=O)c1ccc(COc2c(F)c(F)cc(F)c2F)cc1)c1ccc([N+](=O)[O-])cc1. The van der Waals surface area contributed by atoms with Crippen LogP contribution in [0.15, 0.2) is 59.8 Å². The van der Waals surface area contributed by atoms with E-state index in [1.807, 2.05) is 0 Å². The van der Waals surface area contributed by atoms with Crippen molar-refractivity contribution in [3.05, 3.63) is 105 Å². The van der Waals surface area contributed by atoms with Crippen molar-refractivity contribution >= 4 is 17.5 Å². The van der Waals surface area contributed by atoms with Crippen molar-refractivity contribution in [2.75, 3.05) is 0 Å². The number of nitrogens with zero attached hydrogens (tertiary/aromatic N) is 2. The number of rotatable bonds is 7. The molecule has 0 atom stereocenters. The maximum absolute atomic E-state index is 13.6. The van der Waals surface area contributed by atoms with Gasteiger partial charge in [-0.3, -0.25) is 10.1 Å². The lowest BCUT2D eigenvalue weighted by Gasteiger charge is -2.10. The Balaban J connectivity index is 1.62. The molecule has 0 heterocycles. The van der Waals surface area contributed by atoms with Crippen LogP contribution in [0.5, 0.6) is 5.75 Å². The highest BCUT2D eigenvalue weighted by atomic mass is 19.2. The molecule has 0 fully saturated rings. The van der Waals surface area contributed by atoms with Gasteiger partial charge in [0.25, 0.3) is 5.69 Å². The fraction of sp³-hybridized carbons (Fsp3) is 0.0476. The van der Waals surface area contributed by atoms with E-state index in [2.05, 4.69) is 5.16 Å². The van der Waals surface area contributed by atoms with Crippen molar-refractivity contribution in [2.24, 2.45) is 10.9 Å². The van der Waals surface area contributed by atoms with Crippen molar-refractivity contribution in [1.29, 1.82) is 0 Å². The van der Waals surface area contributed by atoms with Gasteiger partial charge < -0.3 is 15.3 Å². The Morgan fingerprint density at radius 3 is 2.03 bits per heavy atom. The molecule has 3 rings (SSSR count). The first-order chi connectivity index (χ1) is 15.7. The third-order valence-electron chi connectivity index (χ3n) is 4.25. The van der Waals surface area contributed by atoms with Gasteiger partial charge in [-0.1, -0.05) is 17.3 Å². The smallest absolute Gasteiger partial charge is 0.365 e. The molecule has 0 aromatic heterocycles. The van der Waals surface area contributed by atoms with Crippen LogP contribution in [-0.4, -0.2) is 16.7 Å². The third-order valence-corrected chi connectivity index (χ3v) is 4.25. The summed E-state index contributed by atoms with van der Waals surface area (Å²) in [7, 11) is 0. The van der Waals surface area contributed by atoms with Crippen LogP contribution < -0.4 is 10.5 Å². The summed E-state index contributed by atoms with van der Waals surface area (Å²) in [6.45, 7) is -0.447. The molecule has 0 saturated carbocycles. The van der Waals surface area contributed by atoms with E-state index in [9.17, 15) is 32.5 Å². The number of oxime groups is 1. The molecule has 3 aromatic carbocycles. The second-order valence-electron chi connectivity index (χ2n) is 6.44. The maximum Gasteiger partial charge on any atom is 0.365 e. The van der Waals surface area contributed by atoms with Gasteiger partial charge in [0.2, 0.25) is 11.6 Å². The van der Waals surface area contributed by atoms with Crippen molar-refractivity contribution in [3.63, 3.8) is 0 Å². The molecule has 8 nitrogen and oxygen atoms in total. The number of benzene rings is 3. The second-order valence-corrected chi connectivity index (χ2v) is 6.44. The second kappa shape index (κ2) is 9.77. The molecule has 0 aliphatic heterocycles. The van der Waals surface area contributed by atoms with E-state index in [1.165, 1.54) is 48.5 Å². The fourth-order valence-corrected chi connectivity index (χ4v) is 2.52. The molecule has 0 aliphatic carbocycles. The maximum atomic E-state index is 13.6. The normalized spacial score (nSPS) is 11.2. The lowest BCUT2D eigenvalue weighted by atomic mass is 10.1. The first kappa shape index (κ1) is 23.2. The quantitative estimate of drug-likeness (QED) is 0.107. The van der Waals surface area contributed by atoms with Crippen LogP contribution in [0.4, 0.5) is 23.2 Å². The molecular weight excluding hydrogens is 450 g/mol. The predicted molar refractivity (Wildman–Crippen MR) is 106 cm³/mol. The van der Waals surface area contributed by atoms with Gasteiger partial charge in [0, 0.05) is 23.8 Å². The van der Waals surface area contributed by atoms with E-state index in [-0.39, 0.29) is 28.7 Å². The highest BCUT2D eigenvalue weighted by Crippen LogP contribution is 2.27. The Morgan fingerprint density at radius 2 is 1.48 bits per heavy atom. The van der Waals surface area contributed by atoms with Gasteiger partial charge in [0.15, 0.2) is 23.2 Å². The number of nitro benzene ring substituents is 1. The highest BCUT2D eigenvalue weighted by Gasteiger charge is 2.20. The zero-order valence-electron chi connectivity index (χ0n) is 16.4. The van der Waals surface area contributed by atoms with E-state index >= 15 is 0 Å². The van der Waals surface area contributed by atoms with Crippen molar-refractivity contribution in [3.8, 4) is 5.75 Å². The molecular formula is C21H13F4N3O5. The predicted octanol–water partition coefficient (Wildman–Crippen LogP) is 4.21. The summed E-state index contributed by atoms with van der Waals surface area (Å²) in [5.74, 6) is -8.83. The van der Waals surface area contributed by atoms with E-state index in [0.29, 0.717) is 5.56 Å². The van der Waals surface area contributed by atoms with Gasteiger partial charge in [-0.2, -0.15) is 8.78 Å². The Labute approximate surface area is 183 Å². The number of nitro groups is 1. The number of amidine groups is 1. The number of carbonyl (C=O) groups is 1. The van der Waals surface area contributed by atoms with Crippen LogP contribution in [0.3, 0.4) is 0 Å². The minimum atomic E-state index is -1.67. The van der Waals surface area contributed by atoms with Crippen LogP contribution in [0.2, 0.25) is 0 Å². The van der Waals surface area contributed by atoms with E-state index in [4.69, 9.17) is 15.3 Å². The lowest BCUT2D eigenvalue weighted by molar-refractivity contribution is -0.384. The lowest BCUT2D eigenvalue weighted by Crippen LogP contribution is -2.15. The van der Waals surface area contributed by atoms with Gasteiger partial charge in [-0.25, -0.2) is 13.6 Å². The van der Waals surface area contributed by atoms with Crippen molar-refractivity contribution in [1.82, 2.24) is 0 Å². The molecule has 0 aliphatic rings. The molecule has 0 bridgehead atoms. The van der Waals surface area contributed by atoms with Gasteiger partial charge >= 0.3 is 5.97 Å². The Hall–Kier alpha value is -4.48. The molecule has 12 heteroatoms. The summed E-state index contributed by atoms with van der Waals surface area (Å²) in [5, 5.41) is 14.1. The molecule has 0 spiro atoms. The Bertz CT molecular complexity index is 1210. The summed E-state index contributed by atoms with van der Waals surface area (Å²) >= 11 is 0. The Kier molecular flexibility index (Phi) is 6.86. The summed E-state index contributed by atoms with van der Waals surface area (Å²) in [5.41, 5.74) is 6.18. The fourth-order valence-electron chi connectivity index (χ4n) is 2.52. The molecule has 170 valence electrons. The third kappa shape index (κ3) is 5.42. The van der Waals surface area contributed by atoms with Crippen molar-refractivity contribution < 1.29 is 36.9 Å². The number of hydrogen-bond donors (Lipinski definition) is 1. The van der Waals surface area contributed by atoms with E-state index < -0.39 is 46.5 Å². The van der Waals surface area contributed by atoms with Gasteiger partial charge in [0.1, 0.15) is 6.61 Å². The number of carbonyl (C=O) groups excluding carboxylic acids is 1. The summed E-state index contributed by atoms with van der Waals surface area (Å²) in [4.78, 5) is 26.9.